The summed E-state index contributed by atoms with van der Waals surface area (Å²) in [5.41, 5.74) is 5.55. The Balaban J connectivity index is 1.66. The number of nitrogens with zero attached hydrogens (tertiary/aromatic N) is 1. The van der Waals surface area contributed by atoms with E-state index in [0.717, 1.165) is 59.9 Å². The van der Waals surface area contributed by atoms with Crippen LogP contribution in [-0.4, -0.2) is 36.2 Å². The smallest absolute Gasteiger partial charge is 0.307 e. The fourth-order valence-corrected chi connectivity index (χ4v) is 9.13. The molecule has 2 bridgehead atoms. The van der Waals surface area contributed by atoms with E-state index in [0.29, 0.717) is 6.42 Å². The van der Waals surface area contributed by atoms with E-state index in [1.165, 1.54) is 0 Å². The van der Waals surface area contributed by atoms with Gasteiger partial charge in [0.25, 0.3) is 0 Å². The van der Waals surface area contributed by atoms with Crippen molar-refractivity contribution >= 4 is 50.3 Å². The monoisotopic (exact) mass is 579 g/mol. The average Bonchev–Trinajstić information content (AvgIpc) is 3.62. The molecule has 4 unspecified atom stereocenters. The van der Waals surface area contributed by atoms with Crippen LogP contribution in [0.5, 0.6) is 0 Å². The first-order chi connectivity index (χ1) is 21.4. The first-order valence-electron chi connectivity index (χ1n) is 15.3. The van der Waals surface area contributed by atoms with Crippen molar-refractivity contribution in [1.29, 1.82) is 0 Å². The van der Waals surface area contributed by atoms with Gasteiger partial charge in [-0.05, 0) is 96.5 Å². The molecule has 6 atom stereocenters. The van der Waals surface area contributed by atoms with Crippen molar-refractivity contribution in [3.8, 4) is 0 Å². The van der Waals surface area contributed by atoms with Crippen molar-refractivity contribution in [2.24, 2.45) is 35.5 Å². The number of anilines is 1. The first kappa shape index (κ1) is 26.7. The van der Waals surface area contributed by atoms with Gasteiger partial charge in [0.15, 0.2) is 0 Å². The Morgan fingerprint density at radius 1 is 0.591 bits per heavy atom. The van der Waals surface area contributed by atoms with Crippen LogP contribution in [0.4, 0.5) is 5.69 Å². The molecule has 0 saturated heterocycles. The van der Waals surface area contributed by atoms with E-state index in [4.69, 9.17) is 0 Å². The summed E-state index contributed by atoms with van der Waals surface area (Å²) in [6.07, 6.45) is 0.586. The molecule has 2 fully saturated rings. The molecular formula is C39H33NO4. The third kappa shape index (κ3) is 3.65. The normalized spacial score (nSPS) is 25.2. The zero-order valence-electron chi connectivity index (χ0n) is 24.6. The molecule has 0 heterocycles. The Bertz CT molecular complexity index is 2120. The predicted molar refractivity (Wildman–Crippen MR) is 174 cm³/mol. The quantitative estimate of drug-likeness (QED) is 0.259. The van der Waals surface area contributed by atoms with Gasteiger partial charge in [0, 0.05) is 19.8 Å². The molecule has 3 aliphatic carbocycles. The number of aliphatic carboxylic acids is 2. The summed E-state index contributed by atoms with van der Waals surface area (Å²) in [5, 5.41) is 27.9. The van der Waals surface area contributed by atoms with Gasteiger partial charge in [-0.15, -0.1) is 0 Å². The van der Waals surface area contributed by atoms with Crippen molar-refractivity contribution < 1.29 is 19.8 Å². The van der Waals surface area contributed by atoms with E-state index >= 15 is 0 Å². The summed E-state index contributed by atoms with van der Waals surface area (Å²) in [7, 11) is 4.10. The van der Waals surface area contributed by atoms with Gasteiger partial charge in [0.1, 0.15) is 0 Å². The Morgan fingerprint density at radius 3 is 1.55 bits per heavy atom. The molecule has 0 amide bonds. The molecule has 2 N–H and O–H groups in total. The van der Waals surface area contributed by atoms with Crippen molar-refractivity contribution in [3.63, 3.8) is 0 Å². The van der Waals surface area contributed by atoms with Crippen LogP contribution in [0.15, 0.2) is 103 Å². The first-order valence-corrected chi connectivity index (χ1v) is 15.3. The number of benzene rings is 5. The van der Waals surface area contributed by atoms with Gasteiger partial charge in [0.05, 0.1) is 11.8 Å². The van der Waals surface area contributed by atoms with E-state index in [1.807, 2.05) is 50.5 Å². The molecular weight excluding hydrogens is 546 g/mol. The predicted octanol–water partition coefficient (Wildman–Crippen LogP) is 5.75. The van der Waals surface area contributed by atoms with Crippen molar-refractivity contribution in [2.75, 3.05) is 19.0 Å². The zero-order valence-corrected chi connectivity index (χ0v) is 24.6. The van der Waals surface area contributed by atoms with E-state index in [1.54, 1.807) is 0 Å². The number of carboxylic acid groups (broad SMARTS) is 2. The summed E-state index contributed by atoms with van der Waals surface area (Å²) in [6.45, 7) is 0. The minimum Gasteiger partial charge on any atom is -0.481 e. The molecule has 5 aromatic rings. The molecule has 8 rings (SSSR count). The van der Waals surface area contributed by atoms with Crippen LogP contribution < -0.4 is 15.3 Å². The highest BCUT2D eigenvalue weighted by Crippen LogP contribution is 2.64. The number of hydrogen-bond donors (Lipinski definition) is 2. The van der Waals surface area contributed by atoms with Gasteiger partial charge < -0.3 is 15.1 Å². The maximum absolute atomic E-state index is 12.8. The Hall–Kier alpha value is -4.90. The average molecular weight is 580 g/mol. The van der Waals surface area contributed by atoms with E-state index in [2.05, 4.69) is 71.6 Å². The number of carbonyl (C=O) groups is 2. The summed E-state index contributed by atoms with van der Waals surface area (Å²) < 4.78 is 0. The highest BCUT2D eigenvalue weighted by Gasteiger charge is 2.64. The fraction of sp³-hybridized carbons (Fsp3) is 0.231. The number of fused-ring (bicyclic) bond motifs is 11. The largest absolute Gasteiger partial charge is 0.481 e. The Labute approximate surface area is 255 Å². The molecule has 218 valence electrons. The lowest BCUT2D eigenvalue weighted by molar-refractivity contribution is -0.157. The molecule has 5 aromatic carbocycles. The summed E-state index contributed by atoms with van der Waals surface area (Å²) in [6, 6.07) is 35.9. The van der Waals surface area contributed by atoms with E-state index in [-0.39, 0.29) is 23.7 Å². The number of hydrogen-bond acceptors (Lipinski definition) is 3. The van der Waals surface area contributed by atoms with Gasteiger partial charge in [-0.3, -0.25) is 9.59 Å². The van der Waals surface area contributed by atoms with Crippen LogP contribution in [0.25, 0.3) is 32.7 Å². The van der Waals surface area contributed by atoms with E-state index in [9.17, 15) is 19.8 Å². The molecule has 5 nitrogen and oxygen atoms in total. The molecule has 0 spiro atoms. The van der Waals surface area contributed by atoms with Crippen LogP contribution in [0.2, 0.25) is 0 Å². The fourth-order valence-electron chi connectivity index (χ4n) is 9.13. The summed E-state index contributed by atoms with van der Waals surface area (Å²) in [5.74, 6) is -4.68. The van der Waals surface area contributed by atoms with Gasteiger partial charge in [-0.25, -0.2) is 0 Å². The summed E-state index contributed by atoms with van der Waals surface area (Å²) in [4.78, 5) is 27.8. The number of carboxylic acids is 2. The lowest BCUT2D eigenvalue weighted by atomic mass is 9.59. The Kier molecular flexibility index (Phi) is 5.96. The van der Waals surface area contributed by atoms with Gasteiger partial charge in [-0.1, -0.05) is 91.0 Å². The molecule has 5 heteroatoms. The standard InChI is InChI=1S/C39H33NO4/c1-40(2)23-17-18-25-24-15-9-10-16-26(24)32-30(21-11-5-3-6-12-21)34-28-20-29(37(39(43)44)36(28)38(41)42)35(34)31(33(32)27(25)19-23)22-13-7-4-8-14-22/h3-19,28-29,34-37H,20H2,1-2H3,(H,41,42)(H,43,44)/t28?,29?,34?,35?,36-,37-/m1/s1. The van der Waals surface area contributed by atoms with Crippen LogP contribution in [0.1, 0.15) is 17.5 Å². The van der Waals surface area contributed by atoms with Crippen molar-refractivity contribution in [1.82, 2.24) is 0 Å². The maximum atomic E-state index is 12.8. The van der Waals surface area contributed by atoms with E-state index < -0.39 is 23.8 Å². The van der Waals surface area contributed by atoms with Crippen LogP contribution in [0.3, 0.4) is 0 Å². The van der Waals surface area contributed by atoms with Crippen molar-refractivity contribution in [3.05, 3.63) is 125 Å². The van der Waals surface area contributed by atoms with Crippen LogP contribution in [0, 0.1) is 35.5 Å². The van der Waals surface area contributed by atoms with Crippen LogP contribution in [-0.2, 0) is 9.59 Å². The number of rotatable bonds is 5. The second-order valence-corrected chi connectivity index (χ2v) is 12.8. The second kappa shape index (κ2) is 9.81. The topological polar surface area (TPSA) is 77.8 Å². The highest BCUT2D eigenvalue weighted by atomic mass is 16.4. The lowest BCUT2D eigenvalue weighted by Gasteiger charge is -2.43. The molecule has 0 aliphatic heterocycles. The third-order valence-electron chi connectivity index (χ3n) is 10.6. The van der Waals surface area contributed by atoms with Gasteiger partial charge >= 0.3 is 11.9 Å². The minimum atomic E-state index is -0.999. The molecule has 3 aliphatic rings. The third-order valence-corrected chi connectivity index (χ3v) is 10.6. The van der Waals surface area contributed by atoms with Crippen LogP contribution >= 0.6 is 0 Å². The Morgan fingerprint density at radius 2 is 1.05 bits per heavy atom. The summed E-state index contributed by atoms with van der Waals surface area (Å²) >= 11 is 0. The molecule has 0 aromatic heterocycles. The van der Waals surface area contributed by atoms with Gasteiger partial charge in [-0.2, -0.15) is 0 Å². The maximum Gasteiger partial charge on any atom is 0.307 e. The zero-order chi connectivity index (χ0) is 30.3. The minimum absolute atomic E-state index is 0.125. The highest BCUT2D eigenvalue weighted by molar-refractivity contribution is 6.11. The van der Waals surface area contributed by atoms with Gasteiger partial charge in [0.2, 0.25) is 0 Å². The molecule has 44 heavy (non-hydrogen) atoms. The SMILES string of the molecule is CN(C)c1ccc2c(c1)c1c(c3ccccc32)=C(c2ccccc2)C2C(C=1c1ccccc1)C1CC2[C@@H](C(=O)O)[C@@H]1C(=O)O. The second-order valence-electron chi connectivity index (χ2n) is 12.8. The van der Waals surface area contributed by atoms with Crippen molar-refractivity contribution in [2.45, 2.75) is 6.42 Å². The molecule has 2 saturated carbocycles. The molecule has 0 radical (unpaired) electrons. The lowest BCUT2D eigenvalue weighted by Crippen LogP contribution is -2.49.